The van der Waals surface area contributed by atoms with Crippen molar-refractivity contribution in [3.63, 3.8) is 0 Å². The lowest BCUT2D eigenvalue weighted by Gasteiger charge is -2.03. The van der Waals surface area contributed by atoms with Gasteiger partial charge in [-0.05, 0) is 36.4 Å². The van der Waals surface area contributed by atoms with E-state index in [2.05, 4.69) is 30.1 Å². The molecule has 0 N–H and O–H groups in total. The van der Waals surface area contributed by atoms with E-state index in [4.69, 9.17) is 11.6 Å². The van der Waals surface area contributed by atoms with E-state index in [9.17, 15) is 0 Å². The molecule has 20 heavy (non-hydrogen) atoms. The largest absolute Gasteiger partial charge is 0.261 e. The number of nitrogens with zero attached hydrogens (tertiary/aromatic N) is 8. The van der Waals surface area contributed by atoms with Gasteiger partial charge < -0.3 is 0 Å². The first-order valence-electron chi connectivity index (χ1n) is 5.57. The van der Waals surface area contributed by atoms with Crippen molar-refractivity contribution in [1.29, 1.82) is 0 Å². The van der Waals surface area contributed by atoms with E-state index in [1.54, 1.807) is 4.68 Å². The van der Waals surface area contributed by atoms with Gasteiger partial charge in [0, 0.05) is 7.05 Å². The fourth-order valence-electron chi connectivity index (χ4n) is 1.56. The van der Waals surface area contributed by atoms with Crippen molar-refractivity contribution in [3.8, 4) is 5.95 Å². The van der Waals surface area contributed by atoms with Gasteiger partial charge in [0.25, 0.3) is 5.95 Å². The molecule has 0 amide bonds. The summed E-state index contributed by atoms with van der Waals surface area (Å²) in [5.41, 5.74) is 0.923. The third-order valence-electron chi connectivity index (χ3n) is 2.35. The standard InChI is InChI=1S/C10H9ClN8S/c1-6-3-7(18(2)17-6)20-10-15-8(11)14-9(16-10)19-5-12-4-13-19/h3-5H,1-2H3. The van der Waals surface area contributed by atoms with Crippen LogP contribution >= 0.6 is 23.4 Å². The van der Waals surface area contributed by atoms with Crippen LogP contribution in [0.2, 0.25) is 5.28 Å². The SMILES string of the molecule is Cc1cc(Sc2nc(Cl)nc(-n3cncn3)n2)n(C)n1. The molecule has 8 nitrogen and oxygen atoms in total. The second-order valence-corrected chi connectivity index (χ2v) is 5.20. The van der Waals surface area contributed by atoms with Crippen molar-refractivity contribution >= 4 is 23.4 Å². The number of hydrogen-bond donors (Lipinski definition) is 0. The molecule has 0 unspecified atom stereocenters. The summed E-state index contributed by atoms with van der Waals surface area (Å²) in [4.78, 5) is 16.3. The van der Waals surface area contributed by atoms with Gasteiger partial charge in [0.15, 0.2) is 5.16 Å². The Morgan fingerprint density at radius 1 is 1.25 bits per heavy atom. The maximum Gasteiger partial charge on any atom is 0.257 e. The summed E-state index contributed by atoms with van der Waals surface area (Å²) < 4.78 is 3.18. The average Bonchev–Trinajstić information content (AvgIpc) is 2.99. The fourth-order valence-corrected chi connectivity index (χ4v) is 2.61. The Balaban J connectivity index is 1.96. The summed E-state index contributed by atoms with van der Waals surface area (Å²) in [6.45, 7) is 1.92. The molecule has 3 aromatic heterocycles. The molecule has 102 valence electrons. The average molecular weight is 309 g/mol. The Morgan fingerprint density at radius 3 is 2.75 bits per heavy atom. The van der Waals surface area contributed by atoms with Crippen LogP contribution in [0.1, 0.15) is 5.69 Å². The van der Waals surface area contributed by atoms with Crippen LogP contribution in [0.3, 0.4) is 0 Å². The number of rotatable bonds is 3. The predicted octanol–water partition coefficient (Wildman–Crippen LogP) is 1.30. The van der Waals surface area contributed by atoms with Crippen LogP contribution < -0.4 is 0 Å². The summed E-state index contributed by atoms with van der Waals surface area (Å²) in [5, 5.41) is 9.72. The highest BCUT2D eigenvalue weighted by Gasteiger charge is 2.11. The molecule has 0 aliphatic carbocycles. The van der Waals surface area contributed by atoms with Gasteiger partial charge in [-0.3, -0.25) is 4.68 Å². The zero-order valence-corrected chi connectivity index (χ0v) is 12.2. The van der Waals surface area contributed by atoms with E-state index in [0.717, 1.165) is 10.7 Å². The topological polar surface area (TPSA) is 87.2 Å². The van der Waals surface area contributed by atoms with Crippen molar-refractivity contribution in [2.24, 2.45) is 7.05 Å². The lowest BCUT2D eigenvalue weighted by atomic mass is 10.5. The molecule has 0 aliphatic rings. The van der Waals surface area contributed by atoms with Crippen molar-refractivity contribution in [2.75, 3.05) is 0 Å². The van der Waals surface area contributed by atoms with E-state index in [0.29, 0.717) is 11.1 Å². The third kappa shape index (κ3) is 2.63. The highest BCUT2D eigenvalue weighted by molar-refractivity contribution is 7.99. The van der Waals surface area contributed by atoms with Crippen molar-refractivity contribution in [2.45, 2.75) is 17.1 Å². The minimum atomic E-state index is 0.104. The van der Waals surface area contributed by atoms with Crippen LogP contribution in [0.4, 0.5) is 0 Å². The first-order valence-corrected chi connectivity index (χ1v) is 6.76. The van der Waals surface area contributed by atoms with Crippen LogP contribution in [0.5, 0.6) is 0 Å². The summed E-state index contributed by atoms with van der Waals surface area (Å²) in [6, 6.07) is 1.94. The summed E-state index contributed by atoms with van der Waals surface area (Å²) in [7, 11) is 1.86. The monoisotopic (exact) mass is 308 g/mol. The van der Waals surface area contributed by atoms with Crippen LogP contribution in [0.15, 0.2) is 28.9 Å². The maximum atomic E-state index is 5.92. The van der Waals surface area contributed by atoms with Gasteiger partial charge in [0.1, 0.15) is 17.7 Å². The number of hydrogen-bond acceptors (Lipinski definition) is 7. The maximum absolute atomic E-state index is 5.92. The molecule has 0 atom stereocenters. The minimum absolute atomic E-state index is 0.104. The minimum Gasteiger partial charge on any atom is -0.261 e. The Kier molecular flexibility index (Phi) is 3.36. The Labute approximate surface area is 123 Å². The lowest BCUT2D eigenvalue weighted by Crippen LogP contribution is -2.05. The van der Waals surface area contributed by atoms with Crippen molar-refractivity contribution in [3.05, 3.63) is 29.7 Å². The predicted molar refractivity (Wildman–Crippen MR) is 71.8 cm³/mol. The Morgan fingerprint density at radius 2 is 2.10 bits per heavy atom. The lowest BCUT2D eigenvalue weighted by molar-refractivity contribution is 0.689. The fraction of sp³-hybridized carbons (Fsp3) is 0.200. The van der Waals surface area contributed by atoms with Gasteiger partial charge in [-0.25, -0.2) is 4.98 Å². The van der Waals surface area contributed by atoms with Gasteiger partial charge in [0.2, 0.25) is 5.28 Å². The van der Waals surface area contributed by atoms with Gasteiger partial charge in [-0.1, -0.05) is 0 Å². The normalized spacial score (nSPS) is 10.9. The molecule has 0 bridgehead atoms. The molecule has 0 fully saturated rings. The molecule has 0 radical (unpaired) electrons. The van der Waals surface area contributed by atoms with Gasteiger partial charge in [-0.2, -0.15) is 29.8 Å². The Bertz CT molecular complexity index is 738. The first-order chi connectivity index (χ1) is 9.61. The molecule has 0 saturated heterocycles. The number of aryl methyl sites for hydroxylation is 2. The van der Waals surface area contributed by atoms with Gasteiger partial charge in [0.05, 0.1) is 5.69 Å². The van der Waals surface area contributed by atoms with E-state index < -0.39 is 0 Å². The molecular formula is C10H9ClN8S. The number of aromatic nitrogens is 8. The Hall–Kier alpha value is -2.00. The van der Waals surface area contributed by atoms with Crippen LogP contribution in [-0.4, -0.2) is 39.5 Å². The number of halogens is 1. The summed E-state index contributed by atoms with van der Waals surface area (Å²) >= 11 is 7.27. The molecular weight excluding hydrogens is 300 g/mol. The quantitative estimate of drug-likeness (QED) is 0.720. The van der Waals surface area contributed by atoms with Crippen molar-refractivity contribution in [1.82, 2.24) is 39.5 Å². The molecule has 0 saturated carbocycles. The molecule has 0 aliphatic heterocycles. The third-order valence-corrected chi connectivity index (χ3v) is 3.48. The smallest absolute Gasteiger partial charge is 0.257 e. The first kappa shape index (κ1) is 13.0. The molecule has 10 heteroatoms. The molecule has 3 rings (SSSR count). The van der Waals surface area contributed by atoms with E-state index in [1.807, 2.05) is 20.0 Å². The van der Waals surface area contributed by atoms with E-state index in [-0.39, 0.29) is 5.28 Å². The highest BCUT2D eigenvalue weighted by Crippen LogP contribution is 2.25. The van der Waals surface area contributed by atoms with Gasteiger partial charge >= 0.3 is 0 Å². The summed E-state index contributed by atoms with van der Waals surface area (Å²) in [6.07, 6.45) is 2.89. The molecule has 0 aromatic carbocycles. The van der Waals surface area contributed by atoms with Crippen LogP contribution in [-0.2, 0) is 7.05 Å². The second-order valence-electron chi connectivity index (χ2n) is 3.88. The van der Waals surface area contributed by atoms with Crippen molar-refractivity contribution < 1.29 is 0 Å². The molecule has 0 spiro atoms. The highest BCUT2D eigenvalue weighted by atomic mass is 35.5. The van der Waals surface area contributed by atoms with E-state index in [1.165, 1.54) is 29.1 Å². The van der Waals surface area contributed by atoms with Gasteiger partial charge in [-0.15, -0.1) is 0 Å². The summed E-state index contributed by atoms with van der Waals surface area (Å²) in [5.74, 6) is 0.323. The van der Waals surface area contributed by atoms with E-state index >= 15 is 0 Å². The molecule has 3 aromatic rings. The second kappa shape index (κ2) is 5.17. The molecule has 3 heterocycles. The van der Waals surface area contributed by atoms with Crippen LogP contribution in [0, 0.1) is 6.92 Å². The zero-order valence-electron chi connectivity index (χ0n) is 10.6. The zero-order chi connectivity index (χ0) is 14.1. The van der Waals surface area contributed by atoms with Crippen LogP contribution in [0.25, 0.3) is 5.95 Å².